The van der Waals surface area contributed by atoms with Gasteiger partial charge >= 0.3 is 5.97 Å². The molecule has 1 aromatic carbocycles. The zero-order chi connectivity index (χ0) is 19.2. The Bertz CT molecular complexity index is 797. The van der Waals surface area contributed by atoms with E-state index >= 15 is 0 Å². The quantitative estimate of drug-likeness (QED) is 0.481. The van der Waals surface area contributed by atoms with Gasteiger partial charge in [-0.3, -0.25) is 4.79 Å². The van der Waals surface area contributed by atoms with E-state index in [0.717, 1.165) is 0 Å². The molecule has 0 unspecified atom stereocenters. The molecule has 1 fully saturated rings. The van der Waals surface area contributed by atoms with Crippen molar-refractivity contribution in [2.75, 3.05) is 31.2 Å². The van der Waals surface area contributed by atoms with Crippen LogP contribution in [-0.2, 0) is 29.4 Å². The Hall–Kier alpha value is -1.45. The zero-order valence-electron chi connectivity index (χ0n) is 14.8. The van der Waals surface area contributed by atoms with Crippen LogP contribution in [0.2, 0.25) is 0 Å². The number of ether oxygens (including phenoxy) is 1. The second-order valence-electron chi connectivity index (χ2n) is 6.23. The fraction of sp³-hybridized carbons (Fsp3) is 0.588. The lowest BCUT2D eigenvalue weighted by Gasteiger charge is -2.29. The van der Waals surface area contributed by atoms with Gasteiger partial charge in [-0.1, -0.05) is 18.2 Å². The number of carbonyl (C=O) groups is 1. The molecule has 1 heterocycles. The molecular weight excluding hydrogens is 378 g/mol. The van der Waals surface area contributed by atoms with Gasteiger partial charge in [-0.05, 0) is 38.3 Å². The maximum Gasteiger partial charge on any atom is 0.309 e. The molecular formula is C17H25NO6S2. The van der Waals surface area contributed by atoms with Crippen molar-refractivity contribution < 1.29 is 26.4 Å². The number of sulfone groups is 1. The molecule has 1 aliphatic heterocycles. The normalized spacial score (nSPS) is 17.1. The van der Waals surface area contributed by atoms with Gasteiger partial charge in [-0.25, -0.2) is 21.1 Å². The van der Waals surface area contributed by atoms with E-state index < -0.39 is 19.9 Å². The van der Waals surface area contributed by atoms with Crippen LogP contribution in [0.5, 0.6) is 0 Å². The van der Waals surface area contributed by atoms with E-state index in [1.807, 2.05) is 0 Å². The summed E-state index contributed by atoms with van der Waals surface area (Å²) < 4.78 is 54.5. The highest BCUT2D eigenvalue weighted by molar-refractivity contribution is 7.91. The lowest BCUT2D eigenvalue weighted by atomic mass is 9.98. The van der Waals surface area contributed by atoms with Crippen molar-refractivity contribution in [2.24, 2.45) is 5.92 Å². The summed E-state index contributed by atoms with van der Waals surface area (Å²) >= 11 is 0. The largest absolute Gasteiger partial charge is 0.465 e. The van der Waals surface area contributed by atoms with E-state index in [2.05, 4.69) is 0 Å². The fourth-order valence-electron chi connectivity index (χ4n) is 2.84. The van der Waals surface area contributed by atoms with Crippen LogP contribution in [-0.4, -0.2) is 58.3 Å². The Morgan fingerprint density at radius 1 is 1.12 bits per heavy atom. The maximum atomic E-state index is 12.1. The summed E-state index contributed by atoms with van der Waals surface area (Å²) in [7, 11) is -6.59. The molecule has 9 heteroatoms. The summed E-state index contributed by atoms with van der Waals surface area (Å²) in [4.78, 5) is 12.3. The molecule has 0 bridgehead atoms. The third kappa shape index (κ3) is 5.52. The number of hydrogen-bond donors (Lipinski definition) is 0. The van der Waals surface area contributed by atoms with Gasteiger partial charge in [-0.2, -0.15) is 0 Å². The van der Waals surface area contributed by atoms with Crippen LogP contribution in [0.25, 0.3) is 0 Å². The molecule has 0 N–H and O–H groups in total. The molecule has 1 aliphatic rings. The number of piperidine rings is 1. The van der Waals surface area contributed by atoms with E-state index in [9.17, 15) is 21.6 Å². The number of hydrogen-bond acceptors (Lipinski definition) is 6. The summed E-state index contributed by atoms with van der Waals surface area (Å²) in [6, 6.07) is 8.16. The molecule has 0 spiro atoms. The molecule has 0 amide bonds. The second kappa shape index (κ2) is 8.96. The first-order chi connectivity index (χ1) is 12.3. The van der Waals surface area contributed by atoms with E-state index in [0.29, 0.717) is 25.9 Å². The number of sulfonamides is 1. The lowest BCUT2D eigenvalue weighted by molar-refractivity contribution is -0.149. The van der Waals surface area contributed by atoms with Crippen molar-refractivity contribution in [3.63, 3.8) is 0 Å². The molecule has 26 heavy (non-hydrogen) atoms. The van der Waals surface area contributed by atoms with Gasteiger partial charge in [0.2, 0.25) is 10.0 Å². The molecule has 2 rings (SSSR count). The van der Waals surface area contributed by atoms with Crippen LogP contribution >= 0.6 is 0 Å². The molecule has 0 radical (unpaired) electrons. The van der Waals surface area contributed by atoms with Crippen molar-refractivity contribution in [3.05, 3.63) is 30.3 Å². The summed E-state index contributed by atoms with van der Waals surface area (Å²) in [6.45, 7) is 2.27. The molecule has 146 valence electrons. The van der Waals surface area contributed by atoms with Crippen molar-refractivity contribution in [1.29, 1.82) is 0 Å². The molecule has 0 saturated carbocycles. The summed E-state index contributed by atoms with van der Waals surface area (Å²) in [5.41, 5.74) is 0. The van der Waals surface area contributed by atoms with Crippen LogP contribution in [0.3, 0.4) is 0 Å². The van der Waals surface area contributed by atoms with Crippen LogP contribution < -0.4 is 0 Å². The zero-order valence-corrected chi connectivity index (χ0v) is 16.5. The van der Waals surface area contributed by atoms with Crippen LogP contribution in [0.4, 0.5) is 0 Å². The average molecular weight is 404 g/mol. The van der Waals surface area contributed by atoms with Crippen LogP contribution in [0.1, 0.15) is 26.2 Å². The van der Waals surface area contributed by atoms with E-state index in [1.54, 1.807) is 37.3 Å². The van der Waals surface area contributed by atoms with Gasteiger partial charge in [-0.15, -0.1) is 0 Å². The molecule has 1 saturated heterocycles. The van der Waals surface area contributed by atoms with Gasteiger partial charge < -0.3 is 4.74 Å². The Kier molecular flexibility index (Phi) is 7.19. The highest BCUT2D eigenvalue weighted by Crippen LogP contribution is 2.21. The van der Waals surface area contributed by atoms with Crippen molar-refractivity contribution in [3.8, 4) is 0 Å². The third-order valence-electron chi connectivity index (χ3n) is 4.45. The first-order valence-corrected chi connectivity index (χ1v) is 11.9. The van der Waals surface area contributed by atoms with Gasteiger partial charge in [0.25, 0.3) is 0 Å². The van der Waals surface area contributed by atoms with Crippen molar-refractivity contribution >= 4 is 25.8 Å². The smallest absolute Gasteiger partial charge is 0.309 e. The topological polar surface area (TPSA) is 97.8 Å². The number of esters is 1. The predicted molar refractivity (Wildman–Crippen MR) is 97.8 cm³/mol. The number of carbonyl (C=O) groups excluding carboxylic acids is 1. The number of benzene rings is 1. The van der Waals surface area contributed by atoms with Crippen molar-refractivity contribution in [2.45, 2.75) is 31.1 Å². The molecule has 0 aromatic heterocycles. The maximum absolute atomic E-state index is 12.1. The number of nitrogens with zero attached hydrogens (tertiary/aromatic N) is 1. The van der Waals surface area contributed by atoms with Gasteiger partial charge in [0, 0.05) is 13.1 Å². The Labute approximate surface area is 155 Å². The minimum Gasteiger partial charge on any atom is -0.465 e. The molecule has 0 atom stereocenters. The highest BCUT2D eigenvalue weighted by atomic mass is 32.2. The summed E-state index contributed by atoms with van der Waals surface area (Å²) in [5, 5.41) is 0. The minimum atomic E-state index is -3.37. The van der Waals surface area contributed by atoms with Gasteiger partial charge in [0.1, 0.15) is 0 Å². The second-order valence-corrected chi connectivity index (χ2v) is 10.6. The molecule has 0 aliphatic carbocycles. The minimum absolute atomic E-state index is 0.0400. The summed E-state index contributed by atoms with van der Waals surface area (Å²) in [6.07, 6.45) is 1.09. The number of rotatable bonds is 8. The van der Waals surface area contributed by atoms with Crippen LogP contribution in [0.15, 0.2) is 35.2 Å². The van der Waals surface area contributed by atoms with E-state index in [-0.39, 0.29) is 41.3 Å². The monoisotopic (exact) mass is 403 g/mol. The third-order valence-corrected chi connectivity index (χ3v) is 8.15. The first-order valence-electron chi connectivity index (χ1n) is 8.68. The highest BCUT2D eigenvalue weighted by Gasteiger charge is 2.30. The lowest BCUT2D eigenvalue weighted by Crippen LogP contribution is -2.41. The standard InChI is InChI=1S/C17H25NO6S2/c1-2-26(22,23)18-11-9-15(10-12-18)17(19)24-13-6-14-25(20,21)16-7-4-3-5-8-16/h3-5,7-8,15H,2,6,9-14H2,1H3. The first kappa shape index (κ1) is 20.9. The Morgan fingerprint density at radius 3 is 2.31 bits per heavy atom. The van der Waals surface area contributed by atoms with E-state index in [4.69, 9.17) is 4.74 Å². The Balaban J connectivity index is 1.73. The van der Waals surface area contributed by atoms with Crippen LogP contribution in [0, 0.1) is 5.92 Å². The Morgan fingerprint density at radius 2 is 1.73 bits per heavy atom. The predicted octanol–water partition coefficient (Wildman–Crippen LogP) is 1.46. The fourth-order valence-corrected chi connectivity index (χ4v) is 5.28. The SMILES string of the molecule is CCS(=O)(=O)N1CCC(C(=O)OCCCS(=O)(=O)c2ccccc2)CC1. The molecule has 7 nitrogen and oxygen atoms in total. The van der Waals surface area contributed by atoms with E-state index in [1.165, 1.54) is 4.31 Å². The van der Waals surface area contributed by atoms with Gasteiger partial charge in [0.05, 0.1) is 28.9 Å². The van der Waals surface area contributed by atoms with Gasteiger partial charge in [0.15, 0.2) is 9.84 Å². The molecule has 1 aromatic rings. The summed E-state index contributed by atoms with van der Waals surface area (Å²) in [5.74, 6) is -0.741. The average Bonchev–Trinajstić information content (AvgIpc) is 2.66. The van der Waals surface area contributed by atoms with Crippen molar-refractivity contribution in [1.82, 2.24) is 4.31 Å².